The van der Waals surface area contributed by atoms with E-state index in [2.05, 4.69) is 5.32 Å². The minimum absolute atomic E-state index is 0.0580. The number of hydrogen-bond acceptors (Lipinski definition) is 4. The average Bonchev–Trinajstić information content (AvgIpc) is 2.91. The summed E-state index contributed by atoms with van der Waals surface area (Å²) in [5.74, 6) is -4.67. The molecule has 1 aromatic carbocycles. The zero-order valence-electron chi connectivity index (χ0n) is 17.3. The van der Waals surface area contributed by atoms with Gasteiger partial charge in [-0.1, -0.05) is 6.07 Å². The lowest BCUT2D eigenvalue weighted by atomic mass is 9.85. The van der Waals surface area contributed by atoms with Gasteiger partial charge in [0.2, 0.25) is 11.8 Å². The highest BCUT2D eigenvalue weighted by molar-refractivity contribution is 6.00. The van der Waals surface area contributed by atoms with Crippen molar-refractivity contribution in [2.75, 3.05) is 13.1 Å². The summed E-state index contributed by atoms with van der Waals surface area (Å²) in [4.78, 5) is 38.4. The molecule has 0 spiro atoms. The number of amides is 2. The Morgan fingerprint density at radius 3 is 2.50 bits per heavy atom. The maximum Gasteiger partial charge on any atom is 0.329 e. The van der Waals surface area contributed by atoms with E-state index in [1.165, 1.54) is 9.13 Å². The lowest BCUT2D eigenvalue weighted by molar-refractivity contribution is -0.135. The third-order valence-electron chi connectivity index (χ3n) is 6.40. The second kappa shape index (κ2) is 7.30. The van der Waals surface area contributed by atoms with Gasteiger partial charge in [0.15, 0.2) is 0 Å². The Bertz CT molecular complexity index is 1070. The molecule has 2 saturated heterocycles. The van der Waals surface area contributed by atoms with E-state index in [-0.39, 0.29) is 31.3 Å². The molecular weight excluding hydrogens is 394 g/mol. The van der Waals surface area contributed by atoms with Crippen molar-refractivity contribution in [1.82, 2.24) is 19.4 Å². The van der Waals surface area contributed by atoms with Crippen LogP contribution in [0.1, 0.15) is 50.6 Å². The number of alkyl halides is 2. The molecule has 162 valence electrons. The first-order chi connectivity index (χ1) is 14.1. The molecule has 2 amide bonds. The van der Waals surface area contributed by atoms with Crippen molar-refractivity contribution in [3.63, 3.8) is 0 Å². The molecule has 3 heterocycles. The number of carbonyl (C=O) groups excluding carboxylic acids is 2. The van der Waals surface area contributed by atoms with E-state index in [0.717, 1.165) is 0 Å². The first-order valence-corrected chi connectivity index (χ1v) is 10.3. The van der Waals surface area contributed by atoms with Crippen molar-refractivity contribution in [2.24, 2.45) is 7.05 Å². The summed E-state index contributed by atoms with van der Waals surface area (Å²) in [7, 11) is 1.57. The Labute approximate surface area is 172 Å². The molecule has 0 radical (unpaired) electrons. The van der Waals surface area contributed by atoms with E-state index in [1.54, 1.807) is 30.1 Å². The fourth-order valence-corrected chi connectivity index (χ4v) is 4.64. The van der Waals surface area contributed by atoms with Crippen LogP contribution >= 0.6 is 0 Å². The molecule has 1 aromatic heterocycles. The topological polar surface area (TPSA) is 76.3 Å². The number of hydrogen-bond donors (Lipinski definition) is 1. The zero-order chi connectivity index (χ0) is 21.8. The summed E-state index contributed by atoms with van der Waals surface area (Å²) in [6.07, 6.45) is 0.716. The van der Waals surface area contributed by atoms with Gasteiger partial charge < -0.3 is 0 Å². The highest BCUT2D eigenvalue weighted by Gasteiger charge is 2.46. The molecular formula is C21H26F2N4O3. The number of rotatable bonds is 3. The minimum Gasteiger partial charge on any atom is -0.295 e. The summed E-state index contributed by atoms with van der Waals surface area (Å²) < 4.78 is 32.6. The van der Waals surface area contributed by atoms with Crippen LogP contribution in [0.2, 0.25) is 0 Å². The highest BCUT2D eigenvalue weighted by Crippen LogP contribution is 2.41. The summed E-state index contributed by atoms with van der Waals surface area (Å²) >= 11 is 0. The minimum atomic E-state index is -2.87. The third-order valence-corrected chi connectivity index (χ3v) is 6.40. The van der Waals surface area contributed by atoms with E-state index in [9.17, 15) is 23.2 Å². The summed E-state index contributed by atoms with van der Waals surface area (Å²) in [5.41, 5.74) is 1.10. The number of aromatic nitrogens is 2. The molecule has 2 atom stereocenters. The normalized spacial score (nSPS) is 25.1. The van der Waals surface area contributed by atoms with Crippen LogP contribution in [0, 0.1) is 0 Å². The summed E-state index contributed by atoms with van der Waals surface area (Å²) in [6, 6.07) is 4.18. The first-order valence-electron chi connectivity index (χ1n) is 10.3. The van der Waals surface area contributed by atoms with E-state index in [4.69, 9.17) is 0 Å². The molecule has 0 bridgehead atoms. The van der Waals surface area contributed by atoms with Crippen LogP contribution in [0.15, 0.2) is 23.0 Å². The quantitative estimate of drug-likeness (QED) is 0.772. The van der Waals surface area contributed by atoms with Crippen LogP contribution in [0.3, 0.4) is 0 Å². The highest BCUT2D eigenvalue weighted by atomic mass is 19.3. The van der Waals surface area contributed by atoms with Gasteiger partial charge in [0, 0.05) is 19.5 Å². The summed E-state index contributed by atoms with van der Waals surface area (Å²) in [6.45, 7) is 4.13. The van der Waals surface area contributed by atoms with Gasteiger partial charge >= 0.3 is 5.69 Å². The predicted molar refractivity (Wildman–Crippen MR) is 108 cm³/mol. The Balaban J connectivity index is 1.73. The molecule has 4 rings (SSSR count). The molecule has 2 fully saturated rings. The van der Waals surface area contributed by atoms with Crippen LogP contribution in [0.25, 0.3) is 11.0 Å². The molecule has 30 heavy (non-hydrogen) atoms. The fourth-order valence-electron chi connectivity index (χ4n) is 4.64. The molecule has 0 saturated carbocycles. The van der Waals surface area contributed by atoms with Crippen LogP contribution in [0.5, 0.6) is 0 Å². The van der Waals surface area contributed by atoms with Crippen molar-refractivity contribution >= 4 is 22.8 Å². The smallest absolute Gasteiger partial charge is 0.295 e. The number of piperidine rings is 2. The van der Waals surface area contributed by atoms with Crippen molar-refractivity contribution in [3.05, 3.63) is 34.2 Å². The van der Waals surface area contributed by atoms with E-state index >= 15 is 0 Å². The largest absolute Gasteiger partial charge is 0.329 e. The maximum absolute atomic E-state index is 14.9. The van der Waals surface area contributed by atoms with Crippen LogP contribution in [0.4, 0.5) is 8.78 Å². The molecule has 7 nitrogen and oxygen atoms in total. The Hall–Kier alpha value is -2.55. The Kier molecular flexibility index (Phi) is 5.04. The number of imidazole rings is 1. The zero-order valence-corrected chi connectivity index (χ0v) is 17.3. The molecule has 2 aliphatic rings. The van der Waals surface area contributed by atoms with Crippen molar-refractivity contribution in [2.45, 2.75) is 57.0 Å². The average molecular weight is 420 g/mol. The van der Waals surface area contributed by atoms with Gasteiger partial charge in [-0.3, -0.25) is 28.9 Å². The number of nitrogens with zero attached hydrogens (tertiary/aromatic N) is 3. The number of benzene rings is 1. The fraction of sp³-hybridized carbons (Fsp3) is 0.571. The van der Waals surface area contributed by atoms with Crippen LogP contribution in [-0.4, -0.2) is 50.9 Å². The Morgan fingerprint density at radius 2 is 1.87 bits per heavy atom. The van der Waals surface area contributed by atoms with E-state index in [1.807, 2.05) is 13.8 Å². The van der Waals surface area contributed by atoms with Gasteiger partial charge in [0.1, 0.15) is 6.04 Å². The third kappa shape index (κ3) is 3.34. The van der Waals surface area contributed by atoms with Gasteiger partial charge in [0.25, 0.3) is 5.92 Å². The number of likely N-dealkylation sites (tertiary alicyclic amines) is 1. The molecule has 9 heteroatoms. The SMILES string of the molecule is CC(C)N1CCC(c2ccc3c(c2)n(C)c(=O)n3C2CCC(=O)NC2=O)C(F)(F)C1. The van der Waals surface area contributed by atoms with Crippen molar-refractivity contribution in [1.29, 1.82) is 0 Å². The first kappa shape index (κ1) is 20.7. The van der Waals surface area contributed by atoms with E-state index < -0.39 is 29.5 Å². The number of carbonyl (C=O) groups is 2. The Morgan fingerprint density at radius 1 is 1.13 bits per heavy atom. The van der Waals surface area contributed by atoms with Crippen molar-refractivity contribution in [3.8, 4) is 0 Å². The number of nitrogens with one attached hydrogen (secondary N) is 1. The number of fused-ring (bicyclic) bond motifs is 1. The van der Waals surface area contributed by atoms with Gasteiger partial charge in [-0.25, -0.2) is 13.6 Å². The lowest BCUT2D eigenvalue weighted by Gasteiger charge is -2.40. The molecule has 2 aliphatic heterocycles. The van der Waals surface area contributed by atoms with Crippen LogP contribution in [-0.2, 0) is 16.6 Å². The molecule has 2 aromatic rings. The van der Waals surface area contributed by atoms with Gasteiger partial charge in [-0.05, 0) is 50.9 Å². The number of imide groups is 1. The van der Waals surface area contributed by atoms with Crippen LogP contribution < -0.4 is 11.0 Å². The number of halogens is 2. The monoisotopic (exact) mass is 420 g/mol. The van der Waals surface area contributed by atoms with Gasteiger partial charge in [-0.15, -0.1) is 0 Å². The molecule has 1 N–H and O–H groups in total. The second-order valence-corrected chi connectivity index (χ2v) is 8.59. The molecule has 0 aliphatic carbocycles. The predicted octanol–water partition coefficient (Wildman–Crippen LogP) is 2.15. The lowest BCUT2D eigenvalue weighted by Crippen LogP contribution is -2.49. The second-order valence-electron chi connectivity index (χ2n) is 8.59. The maximum atomic E-state index is 14.9. The van der Waals surface area contributed by atoms with E-state index in [0.29, 0.717) is 29.6 Å². The van der Waals surface area contributed by atoms with Crippen molar-refractivity contribution < 1.29 is 18.4 Å². The molecule has 2 unspecified atom stereocenters. The standard InChI is InChI=1S/C21H26F2N4O3/c1-12(2)26-9-8-14(21(22,23)11-26)13-4-5-15-17(10-13)25(3)20(30)27(15)16-6-7-18(28)24-19(16)29/h4-5,10,12,14,16H,6-9,11H2,1-3H3,(H,24,28,29). The summed E-state index contributed by atoms with van der Waals surface area (Å²) in [5, 5.41) is 2.27. The number of aryl methyl sites for hydroxylation is 1. The van der Waals surface area contributed by atoms with Gasteiger partial charge in [0.05, 0.1) is 23.5 Å². The van der Waals surface area contributed by atoms with Gasteiger partial charge in [-0.2, -0.15) is 0 Å².